The fourth-order valence-electron chi connectivity index (χ4n) is 2.07. The molecule has 0 atom stereocenters. The van der Waals surface area contributed by atoms with Gasteiger partial charge in [-0.3, -0.25) is 0 Å². The van der Waals surface area contributed by atoms with E-state index in [9.17, 15) is 4.79 Å². The number of rotatable bonds is 8. The van der Waals surface area contributed by atoms with Gasteiger partial charge in [-0.15, -0.1) is 5.10 Å². The van der Waals surface area contributed by atoms with Crippen LogP contribution in [0.15, 0.2) is 4.63 Å². The lowest BCUT2D eigenvalue weighted by Crippen LogP contribution is -2.23. The Bertz CT molecular complexity index is 652. The average Bonchev–Trinajstić information content (AvgIpc) is 3.11. The molecule has 126 valence electrons. The van der Waals surface area contributed by atoms with Gasteiger partial charge in [-0.2, -0.15) is 4.68 Å². The zero-order valence-electron chi connectivity index (χ0n) is 13.5. The maximum atomic E-state index is 12.1. The number of nitrogens with zero attached hydrogens (tertiary/aromatic N) is 6. The lowest BCUT2D eigenvalue weighted by molar-refractivity contribution is 0.0517. The van der Waals surface area contributed by atoms with Gasteiger partial charge < -0.3 is 15.4 Å². The van der Waals surface area contributed by atoms with Crippen LogP contribution in [0.25, 0.3) is 5.82 Å². The van der Waals surface area contributed by atoms with Crippen molar-refractivity contribution < 1.29 is 14.2 Å². The Kier molecular flexibility index (Phi) is 5.63. The summed E-state index contributed by atoms with van der Waals surface area (Å²) >= 11 is 0. The third-order valence-corrected chi connectivity index (χ3v) is 3.24. The molecule has 0 aliphatic heterocycles. The predicted octanol–water partition coefficient (Wildman–Crippen LogP) is 0.641. The van der Waals surface area contributed by atoms with Gasteiger partial charge in [0.15, 0.2) is 5.69 Å². The monoisotopic (exact) mass is 323 g/mol. The first-order chi connectivity index (χ1) is 11.1. The summed E-state index contributed by atoms with van der Waals surface area (Å²) in [6, 6.07) is 0. The fourth-order valence-corrected chi connectivity index (χ4v) is 2.07. The Labute approximate surface area is 133 Å². The van der Waals surface area contributed by atoms with Gasteiger partial charge in [0.1, 0.15) is 0 Å². The maximum absolute atomic E-state index is 12.1. The Morgan fingerprint density at radius 1 is 1.39 bits per heavy atom. The number of carbonyl (C=O) groups excluding carboxylic acids is 1. The highest BCUT2D eigenvalue weighted by Crippen LogP contribution is 2.18. The fraction of sp³-hybridized carbons (Fsp3) is 0.615. The van der Waals surface area contributed by atoms with Crippen molar-refractivity contribution in [2.24, 2.45) is 0 Å². The van der Waals surface area contributed by atoms with Crippen LogP contribution in [-0.4, -0.2) is 56.4 Å². The number of anilines is 1. The molecule has 0 aliphatic carbocycles. The highest BCUT2D eigenvalue weighted by molar-refractivity contribution is 5.88. The first-order valence-electron chi connectivity index (χ1n) is 7.47. The highest BCUT2D eigenvalue weighted by atomic mass is 16.6. The van der Waals surface area contributed by atoms with Crippen LogP contribution in [0.2, 0.25) is 0 Å². The second-order valence-electron chi connectivity index (χ2n) is 5.08. The number of esters is 1. The van der Waals surface area contributed by atoms with Crippen LogP contribution in [-0.2, 0) is 11.3 Å². The molecule has 2 N–H and O–H groups in total. The van der Waals surface area contributed by atoms with Gasteiger partial charge in [-0.1, -0.05) is 18.6 Å². The Morgan fingerprint density at radius 3 is 2.78 bits per heavy atom. The molecule has 0 bridgehead atoms. The van der Waals surface area contributed by atoms with E-state index in [4.69, 9.17) is 10.5 Å². The molecule has 0 saturated carbocycles. The molecule has 10 heteroatoms. The molecule has 0 aliphatic rings. The molecule has 0 saturated heterocycles. The van der Waals surface area contributed by atoms with E-state index in [1.54, 1.807) is 6.92 Å². The summed E-state index contributed by atoms with van der Waals surface area (Å²) in [5.74, 6) is -0.262. The first kappa shape index (κ1) is 16.9. The molecule has 0 unspecified atom stereocenters. The zero-order chi connectivity index (χ0) is 16.8. The molecule has 2 aromatic heterocycles. The second kappa shape index (κ2) is 7.68. The molecule has 0 aromatic carbocycles. The zero-order valence-corrected chi connectivity index (χ0v) is 13.5. The Balaban J connectivity index is 2.35. The minimum atomic E-state index is -0.535. The van der Waals surface area contributed by atoms with Gasteiger partial charge in [-0.05, 0) is 37.3 Å². The van der Waals surface area contributed by atoms with Crippen LogP contribution >= 0.6 is 0 Å². The Hall–Kier alpha value is -2.49. The number of unbranched alkanes of at least 4 members (excludes halogenated alkanes) is 1. The van der Waals surface area contributed by atoms with E-state index in [1.165, 1.54) is 4.68 Å². The van der Waals surface area contributed by atoms with Crippen LogP contribution in [0.4, 0.5) is 5.82 Å². The van der Waals surface area contributed by atoms with Gasteiger partial charge in [0, 0.05) is 6.54 Å². The van der Waals surface area contributed by atoms with Crippen molar-refractivity contribution in [3.8, 4) is 5.82 Å². The van der Waals surface area contributed by atoms with Gasteiger partial charge in [0.2, 0.25) is 11.6 Å². The van der Waals surface area contributed by atoms with E-state index >= 15 is 0 Å². The molecular formula is C13H21N7O3. The van der Waals surface area contributed by atoms with E-state index in [2.05, 4.69) is 37.1 Å². The third kappa shape index (κ3) is 3.83. The molecular weight excluding hydrogens is 302 g/mol. The normalized spacial score (nSPS) is 11.1. The summed E-state index contributed by atoms with van der Waals surface area (Å²) in [5, 5.41) is 15.1. The van der Waals surface area contributed by atoms with Gasteiger partial charge in [0.05, 0.1) is 12.3 Å². The first-order valence-corrected chi connectivity index (χ1v) is 7.47. The van der Waals surface area contributed by atoms with Gasteiger partial charge in [0.25, 0.3) is 0 Å². The van der Waals surface area contributed by atoms with E-state index in [1.807, 2.05) is 7.05 Å². The molecule has 2 aromatic rings. The number of hydrogen-bond acceptors (Lipinski definition) is 9. The highest BCUT2D eigenvalue weighted by Gasteiger charge is 2.25. The maximum Gasteiger partial charge on any atom is 0.360 e. The van der Waals surface area contributed by atoms with E-state index < -0.39 is 5.97 Å². The number of nitrogens with two attached hydrogens (primary N) is 1. The lowest BCUT2D eigenvalue weighted by Gasteiger charge is -2.16. The van der Waals surface area contributed by atoms with Crippen molar-refractivity contribution >= 4 is 11.8 Å². The third-order valence-electron chi connectivity index (χ3n) is 3.24. The molecule has 0 radical (unpaired) electrons. The van der Waals surface area contributed by atoms with Crippen LogP contribution in [0, 0.1) is 0 Å². The minimum absolute atomic E-state index is 0.0720. The molecule has 0 spiro atoms. The summed E-state index contributed by atoms with van der Waals surface area (Å²) in [5.41, 5.74) is 6.38. The molecule has 0 fully saturated rings. The largest absolute Gasteiger partial charge is 0.461 e. The quantitative estimate of drug-likeness (QED) is 0.696. The predicted molar refractivity (Wildman–Crippen MR) is 80.8 cm³/mol. The van der Waals surface area contributed by atoms with E-state index in [-0.39, 0.29) is 23.9 Å². The van der Waals surface area contributed by atoms with Gasteiger partial charge in [-0.25, -0.2) is 9.42 Å². The number of ether oxygens (including phenoxy) is 1. The van der Waals surface area contributed by atoms with Crippen LogP contribution < -0.4 is 5.73 Å². The van der Waals surface area contributed by atoms with Crippen molar-refractivity contribution in [3.05, 3.63) is 11.4 Å². The Morgan fingerprint density at radius 2 is 2.17 bits per heavy atom. The summed E-state index contributed by atoms with van der Waals surface area (Å²) in [4.78, 5) is 14.1. The molecule has 23 heavy (non-hydrogen) atoms. The summed E-state index contributed by atoms with van der Waals surface area (Å²) < 4.78 is 11.0. The van der Waals surface area contributed by atoms with Crippen molar-refractivity contribution in [2.75, 3.05) is 25.9 Å². The van der Waals surface area contributed by atoms with Crippen molar-refractivity contribution in [1.29, 1.82) is 0 Å². The van der Waals surface area contributed by atoms with Crippen LogP contribution in [0.1, 0.15) is 42.9 Å². The van der Waals surface area contributed by atoms with Crippen LogP contribution in [0.5, 0.6) is 0 Å². The van der Waals surface area contributed by atoms with Gasteiger partial charge >= 0.3 is 5.97 Å². The minimum Gasteiger partial charge on any atom is -0.461 e. The lowest BCUT2D eigenvalue weighted by atomic mass is 10.2. The number of hydrogen-bond donors (Lipinski definition) is 1. The molecule has 2 heterocycles. The van der Waals surface area contributed by atoms with Crippen molar-refractivity contribution in [1.82, 2.24) is 30.2 Å². The number of aromatic nitrogens is 5. The van der Waals surface area contributed by atoms with E-state index in [0.717, 1.165) is 19.4 Å². The number of nitrogen functional groups attached to an aromatic ring is 1. The second-order valence-corrected chi connectivity index (χ2v) is 5.08. The number of carbonyl (C=O) groups is 1. The SMILES string of the molecule is CCCCN(C)Cc1c(C(=O)OCC)nnn1-c1nonc1N. The summed E-state index contributed by atoms with van der Waals surface area (Å²) in [6.07, 6.45) is 2.12. The average molecular weight is 323 g/mol. The smallest absolute Gasteiger partial charge is 0.360 e. The molecule has 10 nitrogen and oxygen atoms in total. The molecule has 0 amide bonds. The summed E-state index contributed by atoms with van der Waals surface area (Å²) in [7, 11) is 1.95. The topological polar surface area (TPSA) is 125 Å². The van der Waals surface area contributed by atoms with Crippen molar-refractivity contribution in [3.63, 3.8) is 0 Å². The van der Waals surface area contributed by atoms with Crippen molar-refractivity contribution in [2.45, 2.75) is 33.2 Å². The molecule has 2 rings (SSSR count). The van der Waals surface area contributed by atoms with E-state index in [0.29, 0.717) is 12.2 Å². The summed E-state index contributed by atoms with van der Waals surface area (Å²) in [6.45, 7) is 5.41. The van der Waals surface area contributed by atoms with Crippen LogP contribution in [0.3, 0.4) is 0 Å². The standard InChI is InChI=1S/C13H21N7O3/c1-4-6-7-19(3)8-9-10(13(21)22-5-2)15-18-20(9)12-11(14)16-23-17-12/h4-8H2,1-3H3,(H2,14,16).